The number of nitrogens with one attached hydrogen (secondary N) is 1. The molecule has 1 aromatic heterocycles. The highest BCUT2D eigenvalue weighted by Crippen LogP contribution is 2.40. The van der Waals surface area contributed by atoms with E-state index in [0.29, 0.717) is 0 Å². The fourth-order valence-electron chi connectivity index (χ4n) is 3.61. The first-order valence-electron chi connectivity index (χ1n) is 13.2. The molecular formula is C33H47ClN2O2S. The number of fused-ring (bicyclic) bond motifs is 1. The van der Waals surface area contributed by atoms with Gasteiger partial charge in [0.2, 0.25) is 0 Å². The zero-order valence-corrected chi connectivity index (χ0v) is 26.8. The van der Waals surface area contributed by atoms with Crippen LogP contribution in [0, 0.1) is 6.92 Å². The van der Waals surface area contributed by atoms with E-state index in [2.05, 4.69) is 63.0 Å². The Morgan fingerprint density at radius 1 is 1.18 bits per heavy atom. The summed E-state index contributed by atoms with van der Waals surface area (Å²) in [6, 6.07) is 10.3. The van der Waals surface area contributed by atoms with E-state index in [4.69, 9.17) is 26.5 Å². The molecule has 4 nitrogen and oxygen atoms in total. The normalized spacial score (nSPS) is 11.2. The zero-order valence-electron chi connectivity index (χ0n) is 25.2. The molecule has 3 rings (SSSR count). The van der Waals surface area contributed by atoms with Crippen LogP contribution in [0.25, 0.3) is 26.9 Å². The van der Waals surface area contributed by atoms with Gasteiger partial charge in [0.1, 0.15) is 11.8 Å². The van der Waals surface area contributed by atoms with E-state index in [0.717, 1.165) is 39.7 Å². The number of hydrogen-bond acceptors (Lipinski definition) is 5. The lowest BCUT2D eigenvalue weighted by Crippen LogP contribution is -2.10. The average Bonchev–Trinajstić information content (AvgIpc) is 3.28. The Morgan fingerprint density at radius 2 is 1.74 bits per heavy atom. The highest BCUT2D eigenvalue weighted by atomic mass is 35.5. The molecule has 2 N–H and O–H groups in total. The van der Waals surface area contributed by atoms with Gasteiger partial charge in [-0.05, 0) is 109 Å². The number of carbonyl (C=O) groups is 1. The van der Waals surface area contributed by atoms with Crippen molar-refractivity contribution in [1.29, 1.82) is 0 Å². The van der Waals surface area contributed by atoms with Gasteiger partial charge in [-0.2, -0.15) is 0 Å². The van der Waals surface area contributed by atoms with Crippen molar-refractivity contribution in [1.82, 2.24) is 10.3 Å². The number of benzene rings is 2. The lowest BCUT2D eigenvalue weighted by Gasteiger charge is -2.12. The van der Waals surface area contributed by atoms with Gasteiger partial charge in [0, 0.05) is 16.2 Å². The van der Waals surface area contributed by atoms with Crippen molar-refractivity contribution in [2.24, 2.45) is 0 Å². The number of thiazole rings is 1. The molecule has 0 saturated carbocycles. The van der Waals surface area contributed by atoms with E-state index < -0.39 is 5.60 Å². The van der Waals surface area contributed by atoms with Crippen molar-refractivity contribution in [2.45, 2.75) is 73.8 Å². The second-order valence-corrected chi connectivity index (χ2v) is 11.4. The van der Waals surface area contributed by atoms with Crippen LogP contribution in [0.1, 0.15) is 71.0 Å². The van der Waals surface area contributed by atoms with Gasteiger partial charge in [0.05, 0.1) is 15.8 Å². The predicted molar refractivity (Wildman–Crippen MR) is 175 cm³/mol. The number of carbonyl (C=O) groups excluding carboxylic acids is 1. The van der Waals surface area contributed by atoms with Crippen LogP contribution < -0.4 is 5.32 Å². The van der Waals surface area contributed by atoms with Crippen molar-refractivity contribution in [3.8, 4) is 11.1 Å². The fraction of sp³-hybridized carbons (Fsp3) is 0.394. The van der Waals surface area contributed by atoms with Gasteiger partial charge in [-0.25, -0.2) is 4.98 Å². The number of halogens is 1. The Morgan fingerprint density at radius 3 is 2.15 bits per heavy atom. The SMILES string of the molecule is C=C(C)/C=C(\C=C/C)c1nc2cc(C)c(CC)c(-c3ccc(Cl)cc3)c2s1.C=O.CC(C)(C)O.CCCNC. The number of aliphatic hydroxyl groups is 1. The van der Waals surface area contributed by atoms with Crippen molar-refractivity contribution in [2.75, 3.05) is 13.6 Å². The van der Waals surface area contributed by atoms with Crippen LogP contribution in [0.3, 0.4) is 0 Å². The van der Waals surface area contributed by atoms with Crippen LogP contribution in [-0.2, 0) is 11.2 Å². The molecule has 0 bridgehead atoms. The van der Waals surface area contributed by atoms with Crippen LogP contribution in [0.2, 0.25) is 5.02 Å². The number of allylic oxidation sites excluding steroid dienone is 5. The molecule has 214 valence electrons. The third-order valence-corrected chi connectivity index (χ3v) is 6.38. The molecule has 1 heterocycles. The minimum atomic E-state index is -0.500. The summed E-state index contributed by atoms with van der Waals surface area (Å²) in [7, 11) is 1.96. The van der Waals surface area contributed by atoms with Crippen molar-refractivity contribution < 1.29 is 9.90 Å². The maximum Gasteiger partial charge on any atom is 0.124 e. The molecule has 2 aromatic carbocycles. The summed E-state index contributed by atoms with van der Waals surface area (Å²) in [4.78, 5) is 13.0. The molecule has 0 spiro atoms. The topological polar surface area (TPSA) is 62.2 Å². The molecule has 0 unspecified atom stereocenters. The maximum absolute atomic E-state index is 8.52. The van der Waals surface area contributed by atoms with Crippen LogP contribution >= 0.6 is 22.9 Å². The molecule has 6 heteroatoms. The highest BCUT2D eigenvalue weighted by Gasteiger charge is 2.17. The van der Waals surface area contributed by atoms with Gasteiger partial charge < -0.3 is 15.2 Å². The first-order valence-corrected chi connectivity index (χ1v) is 14.4. The van der Waals surface area contributed by atoms with E-state index >= 15 is 0 Å². The summed E-state index contributed by atoms with van der Waals surface area (Å²) in [5, 5.41) is 13.3. The highest BCUT2D eigenvalue weighted by molar-refractivity contribution is 7.20. The molecule has 0 fully saturated rings. The summed E-state index contributed by atoms with van der Waals surface area (Å²) in [6.07, 6.45) is 8.45. The number of aryl methyl sites for hydroxylation is 1. The fourth-order valence-corrected chi connectivity index (χ4v) is 4.87. The van der Waals surface area contributed by atoms with Crippen LogP contribution in [0.15, 0.2) is 60.7 Å². The number of aromatic nitrogens is 1. The lowest BCUT2D eigenvalue weighted by molar-refractivity contribution is -0.0980. The van der Waals surface area contributed by atoms with Crippen molar-refractivity contribution in [3.05, 3.63) is 81.9 Å². The average molecular weight is 571 g/mol. The van der Waals surface area contributed by atoms with Crippen LogP contribution in [-0.4, -0.2) is 36.1 Å². The van der Waals surface area contributed by atoms with Gasteiger partial charge in [-0.3, -0.25) is 0 Å². The van der Waals surface area contributed by atoms with Crippen LogP contribution in [0.4, 0.5) is 0 Å². The second-order valence-electron chi connectivity index (χ2n) is 10.00. The summed E-state index contributed by atoms with van der Waals surface area (Å²) in [5.41, 5.74) is 7.79. The summed E-state index contributed by atoms with van der Waals surface area (Å²) in [5.74, 6) is 0. The van der Waals surface area contributed by atoms with E-state index in [1.54, 1.807) is 32.1 Å². The predicted octanol–water partition coefficient (Wildman–Crippen LogP) is 9.23. The molecule has 0 aliphatic heterocycles. The monoisotopic (exact) mass is 570 g/mol. The summed E-state index contributed by atoms with van der Waals surface area (Å²) >= 11 is 7.86. The van der Waals surface area contributed by atoms with E-state index in [1.807, 2.05) is 45.9 Å². The molecule has 0 saturated heterocycles. The minimum absolute atomic E-state index is 0.500. The molecule has 3 aromatic rings. The van der Waals surface area contributed by atoms with Crippen LogP contribution in [0.5, 0.6) is 0 Å². The number of nitrogens with zero attached hydrogens (tertiary/aromatic N) is 1. The van der Waals surface area contributed by atoms with Gasteiger partial charge in [-0.15, -0.1) is 11.3 Å². The Bertz CT molecular complexity index is 1210. The Balaban J connectivity index is 0.00000102. The van der Waals surface area contributed by atoms with E-state index in [9.17, 15) is 0 Å². The lowest BCUT2D eigenvalue weighted by atomic mass is 9.94. The Kier molecular flexibility index (Phi) is 17.4. The smallest absolute Gasteiger partial charge is 0.124 e. The molecule has 39 heavy (non-hydrogen) atoms. The van der Waals surface area contributed by atoms with Gasteiger partial charge in [0.15, 0.2) is 0 Å². The standard InChI is InChI=1S/C24H24ClNS.C4H11N.C4H10O.CH2O/c1-6-8-18(13-15(3)4)24-26-21-14-16(5)20(7-2)22(23(21)27-24)17-9-11-19(25)12-10-17;1-3-4-5-2;1-4(2,3)5;1-2/h6,8-14H,3,7H2,1-2,4-5H3;5H,3-4H2,1-2H3;5H,1-3H3;1H2/b8-6-,18-13+;;;. The first kappa shape index (κ1) is 36.4. The number of hydrogen-bond donors (Lipinski definition) is 2. The van der Waals surface area contributed by atoms with Gasteiger partial charge in [0.25, 0.3) is 0 Å². The third-order valence-electron chi connectivity index (χ3n) is 4.99. The van der Waals surface area contributed by atoms with Crippen molar-refractivity contribution >= 4 is 45.5 Å². The molecule has 0 radical (unpaired) electrons. The number of rotatable bonds is 7. The largest absolute Gasteiger partial charge is 0.391 e. The summed E-state index contributed by atoms with van der Waals surface area (Å²) < 4.78 is 1.23. The molecule has 0 aliphatic carbocycles. The Hall–Kier alpha value is -2.57. The van der Waals surface area contributed by atoms with Gasteiger partial charge >= 0.3 is 0 Å². The molecular weight excluding hydrogens is 524 g/mol. The molecule has 0 atom stereocenters. The summed E-state index contributed by atoms with van der Waals surface area (Å²) in [6.45, 7) is 23.0. The van der Waals surface area contributed by atoms with Crippen molar-refractivity contribution in [3.63, 3.8) is 0 Å². The van der Waals surface area contributed by atoms with E-state index in [1.165, 1.54) is 33.4 Å². The first-order chi connectivity index (χ1) is 18.4. The quantitative estimate of drug-likeness (QED) is 0.278. The second kappa shape index (κ2) is 18.7. The molecule has 0 aliphatic rings. The van der Waals surface area contributed by atoms with E-state index in [-0.39, 0.29) is 0 Å². The minimum Gasteiger partial charge on any atom is -0.391 e. The van der Waals surface area contributed by atoms with Gasteiger partial charge in [-0.1, -0.05) is 61.9 Å². The maximum atomic E-state index is 8.52. The zero-order chi connectivity index (χ0) is 30.2. The third kappa shape index (κ3) is 13.4. The Labute approximate surface area is 245 Å². The molecule has 0 amide bonds.